The summed E-state index contributed by atoms with van der Waals surface area (Å²) in [6.45, 7) is 9.66. The lowest BCUT2D eigenvalue weighted by atomic mass is 9.91. The van der Waals surface area contributed by atoms with Crippen LogP contribution >= 0.6 is 0 Å². The zero-order valence-electron chi connectivity index (χ0n) is 17.8. The van der Waals surface area contributed by atoms with Crippen LogP contribution in [0.2, 0.25) is 0 Å². The van der Waals surface area contributed by atoms with Gasteiger partial charge in [0.25, 0.3) is 0 Å². The van der Waals surface area contributed by atoms with Gasteiger partial charge < -0.3 is 15.1 Å². The average Bonchev–Trinajstić information content (AvgIpc) is 3.37. The van der Waals surface area contributed by atoms with Crippen molar-refractivity contribution in [3.8, 4) is 0 Å². The Hall–Kier alpha value is -2.04. The van der Waals surface area contributed by atoms with Crippen LogP contribution < -0.4 is 10.2 Å². The van der Waals surface area contributed by atoms with E-state index in [-0.39, 0.29) is 23.1 Å². The van der Waals surface area contributed by atoms with Crippen molar-refractivity contribution in [2.24, 2.45) is 11.3 Å². The maximum absolute atomic E-state index is 12.8. The summed E-state index contributed by atoms with van der Waals surface area (Å²) in [5.74, 6) is 0.459. The summed E-state index contributed by atoms with van der Waals surface area (Å²) in [7, 11) is 4.00. The molecule has 1 aromatic rings. The van der Waals surface area contributed by atoms with E-state index in [0.29, 0.717) is 13.0 Å². The molecule has 0 bridgehead atoms. The van der Waals surface area contributed by atoms with Crippen LogP contribution in [0.4, 0.5) is 11.4 Å². The van der Waals surface area contributed by atoms with Crippen molar-refractivity contribution in [3.63, 3.8) is 0 Å². The molecule has 5 nitrogen and oxygen atoms in total. The number of carbonyl (C=O) groups is 2. The van der Waals surface area contributed by atoms with Gasteiger partial charge in [0.1, 0.15) is 0 Å². The van der Waals surface area contributed by atoms with Gasteiger partial charge in [-0.25, -0.2) is 0 Å². The van der Waals surface area contributed by atoms with Crippen LogP contribution in [0, 0.1) is 11.3 Å². The number of amides is 2. The smallest absolute Gasteiger partial charge is 0.227 e. The van der Waals surface area contributed by atoms with Crippen LogP contribution in [0.1, 0.15) is 58.9 Å². The Kier molecular flexibility index (Phi) is 6.90. The highest BCUT2D eigenvalue weighted by atomic mass is 16.2. The molecule has 0 saturated heterocycles. The second kappa shape index (κ2) is 8.77. The minimum absolute atomic E-state index is 0.0342. The number of nitrogens with one attached hydrogen (secondary N) is 1. The summed E-state index contributed by atoms with van der Waals surface area (Å²) in [5, 5.41) is 3.02. The number of nitrogens with zero attached hydrogens (tertiary/aromatic N) is 2. The topological polar surface area (TPSA) is 52.7 Å². The van der Waals surface area contributed by atoms with Crippen molar-refractivity contribution in [2.75, 3.05) is 30.9 Å². The van der Waals surface area contributed by atoms with Crippen LogP contribution in [0.3, 0.4) is 0 Å². The third kappa shape index (κ3) is 6.56. The maximum Gasteiger partial charge on any atom is 0.227 e. The van der Waals surface area contributed by atoms with Gasteiger partial charge in [-0.1, -0.05) is 27.7 Å². The highest BCUT2D eigenvalue weighted by molar-refractivity contribution is 5.94. The van der Waals surface area contributed by atoms with Crippen LogP contribution in [0.5, 0.6) is 0 Å². The van der Waals surface area contributed by atoms with Gasteiger partial charge in [0, 0.05) is 50.9 Å². The van der Waals surface area contributed by atoms with Gasteiger partial charge >= 0.3 is 0 Å². The molecule has 1 N–H and O–H groups in total. The lowest BCUT2D eigenvalue weighted by molar-refractivity contribution is -0.133. The van der Waals surface area contributed by atoms with Crippen LogP contribution in [0.25, 0.3) is 0 Å². The summed E-state index contributed by atoms with van der Waals surface area (Å²) in [4.78, 5) is 28.9. The summed E-state index contributed by atoms with van der Waals surface area (Å²) in [5.41, 5.74) is 2.91. The summed E-state index contributed by atoms with van der Waals surface area (Å²) in [6, 6.07) is 5.99. The number of hydrogen-bond acceptors (Lipinski definition) is 3. The third-order valence-electron chi connectivity index (χ3n) is 4.67. The van der Waals surface area contributed by atoms with Crippen molar-refractivity contribution in [3.05, 3.63) is 23.8 Å². The molecule has 0 atom stereocenters. The molecule has 0 heterocycles. The van der Waals surface area contributed by atoms with E-state index < -0.39 is 0 Å². The molecule has 0 spiro atoms. The van der Waals surface area contributed by atoms with E-state index in [9.17, 15) is 9.59 Å². The van der Waals surface area contributed by atoms with E-state index in [0.717, 1.165) is 42.7 Å². The molecule has 1 aliphatic rings. The van der Waals surface area contributed by atoms with Gasteiger partial charge in [0.2, 0.25) is 11.8 Å². The van der Waals surface area contributed by atoms with Gasteiger partial charge in [0.05, 0.1) is 0 Å². The minimum atomic E-state index is -0.0342. The molecule has 1 fully saturated rings. The van der Waals surface area contributed by atoms with E-state index in [2.05, 4.69) is 37.9 Å². The summed E-state index contributed by atoms with van der Waals surface area (Å²) < 4.78 is 0. The largest absolute Gasteiger partial charge is 0.377 e. The average molecular weight is 374 g/mol. The van der Waals surface area contributed by atoms with E-state index in [1.165, 1.54) is 0 Å². The zero-order chi connectivity index (χ0) is 20.2. The second-order valence-corrected chi connectivity index (χ2v) is 9.05. The lowest BCUT2D eigenvalue weighted by Crippen LogP contribution is -2.34. The molecule has 0 aromatic heterocycles. The van der Waals surface area contributed by atoms with Gasteiger partial charge in [-0.3, -0.25) is 9.59 Å². The van der Waals surface area contributed by atoms with Gasteiger partial charge in [0.15, 0.2) is 0 Å². The molecule has 0 radical (unpaired) electrons. The van der Waals surface area contributed by atoms with Gasteiger partial charge in [-0.2, -0.15) is 0 Å². The highest BCUT2D eigenvalue weighted by Crippen LogP contribution is 2.31. The fourth-order valence-electron chi connectivity index (χ4n) is 3.15. The lowest BCUT2D eigenvalue weighted by Gasteiger charge is -2.28. The fraction of sp³-hybridized carbons (Fsp3) is 0.636. The number of hydrogen-bond donors (Lipinski definition) is 1. The van der Waals surface area contributed by atoms with Crippen LogP contribution in [0.15, 0.2) is 18.2 Å². The van der Waals surface area contributed by atoms with Crippen molar-refractivity contribution >= 4 is 23.2 Å². The predicted octanol–water partition coefficient (Wildman–Crippen LogP) is 4.28. The number of anilines is 2. The molecular weight excluding hydrogens is 338 g/mol. The summed E-state index contributed by atoms with van der Waals surface area (Å²) >= 11 is 0. The maximum atomic E-state index is 12.8. The van der Waals surface area contributed by atoms with Crippen molar-refractivity contribution in [2.45, 2.75) is 59.9 Å². The molecule has 1 saturated carbocycles. The van der Waals surface area contributed by atoms with Gasteiger partial charge in [-0.05, 0) is 48.4 Å². The molecule has 2 rings (SSSR count). The standard InChI is InChI=1S/C22H35N3O2/c1-7-12-25(20(26)14-22(2,3)4)15-17-13-18(10-11-19(17)24(5)6)23-21(27)16-8-9-16/h10-11,13,16H,7-9,12,14-15H2,1-6H3,(H,23,27). The molecule has 0 unspecified atom stereocenters. The molecule has 1 aromatic carbocycles. The van der Waals surface area contributed by atoms with E-state index in [4.69, 9.17) is 0 Å². The first-order valence-electron chi connectivity index (χ1n) is 9.99. The molecule has 1 aliphatic carbocycles. The van der Waals surface area contributed by atoms with Gasteiger partial charge in [-0.15, -0.1) is 0 Å². The number of carbonyl (C=O) groups excluding carboxylic acids is 2. The Labute approximate surface area is 164 Å². The van der Waals surface area contributed by atoms with E-state index in [1.807, 2.05) is 37.2 Å². The van der Waals surface area contributed by atoms with E-state index >= 15 is 0 Å². The second-order valence-electron chi connectivity index (χ2n) is 9.05. The zero-order valence-corrected chi connectivity index (χ0v) is 17.8. The Morgan fingerprint density at radius 3 is 2.37 bits per heavy atom. The Bertz CT molecular complexity index is 673. The molecule has 150 valence electrons. The first kappa shape index (κ1) is 21.3. The Morgan fingerprint density at radius 1 is 1.19 bits per heavy atom. The molecule has 27 heavy (non-hydrogen) atoms. The minimum Gasteiger partial charge on any atom is -0.377 e. The quantitative estimate of drug-likeness (QED) is 0.740. The third-order valence-corrected chi connectivity index (χ3v) is 4.67. The Morgan fingerprint density at radius 2 is 1.85 bits per heavy atom. The predicted molar refractivity (Wildman–Crippen MR) is 112 cm³/mol. The molecule has 5 heteroatoms. The van der Waals surface area contributed by atoms with E-state index in [1.54, 1.807) is 0 Å². The molecule has 0 aliphatic heterocycles. The number of rotatable bonds is 8. The van der Waals surface area contributed by atoms with Crippen LogP contribution in [-0.2, 0) is 16.1 Å². The summed E-state index contributed by atoms with van der Waals surface area (Å²) in [6.07, 6.45) is 3.42. The first-order valence-corrected chi connectivity index (χ1v) is 9.99. The first-order chi connectivity index (χ1) is 12.6. The SMILES string of the molecule is CCCN(Cc1cc(NC(=O)C2CC2)ccc1N(C)C)C(=O)CC(C)(C)C. The van der Waals surface area contributed by atoms with Crippen molar-refractivity contribution in [1.29, 1.82) is 0 Å². The normalized spacial score (nSPS) is 14.0. The molecular formula is C22H35N3O2. The number of benzene rings is 1. The van der Waals surface area contributed by atoms with Crippen molar-refractivity contribution < 1.29 is 9.59 Å². The Balaban J connectivity index is 2.22. The van der Waals surface area contributed by atoms with Crippen LogP contribution in [-0.4, -0.2) is 37.4 Å². The monoisotopic (exact) mass is 373 g/mol. The molecule has 2 amide bonds. The highest BCUT2D eigenvalue weighted by Gasteiger charge is 2.29. The fourth-order valence-corrected chi connectivity index (χ4v) is 3.15. The van der Waals surface area contributed by atoms with Crippen molar-refractivity contribution in [1.82, 2.24) is 4.90 Å².